The average molecular weight is 215 g/mol. The van der Waals surface area contributed by atoms with Crippen molar-refractivity contribution in [1.29, 1.82) is 0 Å². The molecule has 0 spiro atoms. The molecule has 1 aromatic heterocycles. The van der Waals surface area contributed by atoms with Gasteiger partial charge in [-0.1, -0.05) is 0 Å². The van der Waals surface area contributed by atoms with Crippen LogP contribution in [0.5, 0.6) is 0 Å². The molecule has 4 heteroatoms. The van der Waals surface area contributed by atoms with Crippen LogP contribution in [0.4, 0.5) is 0 Å². The Bertz CT molecular complexity index is 283. The van der Waals surface area contributed by atoms with Gasteiger partial charge in [-0.2, -0.15) is 11.8 Å². The normalized spacial score (nSPS) is 10.0. The van der Waals surface area contributed by atoms with E-state index in [1.807, 2.05) is 11.6 Å². The second-order valence-electron chi connectivity index (χ2n) is 2.74. The summed E-state index contributed by atoms with van der Waals surface area (Å²) in [6.45, 7) is 2.73. The minimum Gasteiger partial charge on any atom is -0.350 e. The fourth-order valence-corrected chi connectivity index (χ4v) is 2.16. The van der Waals surface area contributed by atoms with Gasteiger partial charge in [0.15, 0.2) is 0 Å². The highest BCUT2D eigenvalue weighted by molar-refractivity contribution is 7.99. The first kappa shape index (κ1) is 10.6. The van der Waals surface area contributed by atoms with Gasteiger partial charge in [-0.3, -0.25) is 4.79 Å². The fraction of sp³-hybridized carbons (Fsp3) is 0.444. The first-order valence-corrected chi connectivity index (χ1v) is 6.30. The molecule has 13 heavy (non-hydrogen) atoms. The molecule has 0 aliphatic carbocycles. The molecule has 72 valence electrons. The number of amides is 1. The molecule has 0 unspecified atom stereocenters. The predicted molar refractivity (Wildman–Crippen MR) is 59.3 cm³/mol. The molecule has 0 atom stereocenters. The molecule has 1 N–H and O–H groups in total. The van der Waals surface area contributed by atoms with Crippen molar-refractivity contribution >= 4 is 29.0 Å². The van der Waals surface area contributed by atoms with Crippen LogP contribution in [0.25, 0.3) is 0 Å². The largest absolute Gasteiger partial charge is 0.350 e. The van der Waals surface area contributed by atoms with Gasteiger partial charge in [-0.15, -0.1) is 11.3 Å². The summed E-state index contributed by atoms with van der Waals surface area (Å²) < 4.78 is 0. The molecule has 0 aliphatic heterocycles. The van der Waals surface area contributed by atoms with Crippen molar-refractivity contribution in [3.05, 3.63) is 21.9 Å². The van der Waals surface area contributed by atoms with Crippen molar-refractivity contribution in [2.24, 2.45) is 0 Å². The maximum absolute atomic E-state index is 11.1. The van der Waals surface area contributed by atoms with Gasteiger partial charge in [0.2, 0.25) is 5.91 Å². The summed E-state index contributed by atoms with van der Waals surface area (Å²) >= 11 is 3.23. The van der Waals surface area contributed by atoms with E-state index in [0.29, 0.717) is 12.3 Å². The van der Waals surface area contributed by atoms with Crippen LogP contribution in [-0.2, 0) is 11.3 Å². The van der Waals surface area contributed by atoms with Gasteiger partial charge in [0, 0.05) is 4.88 Å². The summed E-state index contributed by atoms with van der Waals surface area (Å²) in [7, 11) is 0. The Morgan fingerprint density at radius 1 is 1.69 bits per heavy atom. The number of carbonyl (C=O) groups excluding carboxylic acids is 1. The van der Waals surface area contributed by atoms with Crippen molar-refractivity contribution in [1.82, 2.24) is 5.32 Å². The van der Waals surface area contributed by atoms with Gasteiger partial charge in [0.25, 0.3) is 0 Å². The van der Waals surface area contributed by atoms with E-state index in [-0.39, 0.29) is 5.91 Å². The average Bonchev–Trinajstić information content (AvgIpc) is 2.48. The van der Waals surface area contributed by atoms with Crippen molar-refractivity contribution in [2.45, 2.75) is 13.5 Å². The highest BCUT2D eigenvalue weighted by Gasteiger charge is 2.02. The van der Waals surface area contributed by atoms with Crippen LogP contribution in [0.1, 0.15) is 10.4 Å². The van der Waals surface area contributed by atoms with E-state index in [1.165, 1.54) is 10.4 Å². The van der Waals surface area contributed by atoms with Gasteiger partial charge < -0.3 is 5.32 Å². The Labute approximate surface area is 86.7 Å². The smallest absolute Gasteiger partial charge is 0.230 e. The number of thioether (sulfide) groups is 1. The molecule has 0 aromatic carbocycles. The summed E-state index contributed by atoms with van der Waals surface area (Å²) in [5, 5.41) is 4.92. The summed E-state index contributed by atoms with van der Waals surface area (Å²) in [4.78, 5) is 12.4. The topological polar surface area (TPSA) is 29.1 Å². The minimum absolute atomic E-state index is 0.111. The molecule has 0 saturated heterocycles. The van der Waals surface area contributed by atoms with Crippen LogP contribution >= 0.6 is 23.1 Å². The monoisotopic (exact) mass is 215 g/mol. The van der Waals surface area contributed by atoms with E-state index in [1.54, 1.807) is 23.1 Å². The molecule has 2 nitrogen and oxygen atoms in total. The summed E-state index contributed by atoms with van der Waals surface area (Å²) in [6.07, 6.45) is 1.93. The number of thiophene rings is 1. The SMILES string of the molecule is CSCC(=O)NCc1sccc1C. The van der Waals surface area contributed by atoms with E-state index >= 15 is 0 Å². The Morgan fingerprint density at radius 3 is 3.00 bits per heavy atom. The first-order chi connectivity index (χ1) is 6.24. The van der Waals surface area contributed by atoms with E-state index in [4.69, 9.17) is 0 Å². The highest BCUT2D eigenvalue weighted by Crippen LogP contribution is 2.14. The number of nitrogens with one attached hydrogen (secondary N) is 1. The highest BCUT2D eigenvalue weighted by atomic mass is 32.2. The van der Waals surface area contributed by atoms with E-state index in [0.717, 1.165) is 0 Å². The van der Waals surface area contributed by atoms with Crippen molar-refractivity contribution in [3.8, 4) is 0 Å². The predicted octanol–water partition coefficient (Wildman–Crippen LogP) is 2.04. The molecule has 1 rings (SSSR count). The lowest BCUT2D eigenvalue weighted by atomic mass is 10.3. The van der Waals surface area contributed by atoms with Crippen LogP contribution < -0.4 is 5.32 Å². The molecule has 1 amide bonds. The molecular weight excluding hydrogens is 202 g/mol. The fourth-order valence-electron chi connectivity index (χ4n) is 0.946. The van der Waals surface area contributed by atoms with E-state index in [9.17, 15) is 4.79 Å². The lowest BCUT2D eigenvalue weighted by Gasteiger charge is -2.02. The van der Waals surface area contributed by atoms with Crippen molar-refractivity contribution in [2.75, 3.05) is 12.0 Å². The third kappa shape index (κ3) is 3.40. The van der Waals surface area contributed by atoms with Crippen LogP contribution in [-0.4, -0.2) is 17.9 Å². The number of hydrogen-bond donors (Lipinski definition) is 1. The summed E-state index contributed by atoms with van der Waals surface area (Å²) in [5.41, 5.74) is 1.26. The maximum atomic E-state index is 11.1. The molecule has 1 heterocycles. The Morgan fingerprint density at radius 2 is 2.46 bits per heavy atom. The zero-order valence-electron chi connectivity index (χ0n) is 7.79. The van der Waals surface area contributed by atoms with Gasteiger partial charge in [0.05, 0.1) is 12.3 Å². The number of hydrogen-bond acceptors (Lipinski definition) is 3. The Hall–Kier alpha value is -0.480. The van der Waals surface area contributed by atoms with Crippen LogP contribution in [0.15, 0.2) is 11.4 Å². The maximum Gasteiger partial charge on any atom is 0.230 e. The molecular formula is C9H13NOS2. The minimum atomic E-state index is 0.111. The quantitative estimate of drug-likeness (QED) is 0.832. The van der Waals surface area contributed by atoms with Crippen LogP contribution in [0.3, 0.4) is 0 Å². The molecule has 1 aromatic rings. The molecule has 0 saturated carbocycles. The van der Waals surface area contributed by atoms with Crippen molar-refractivity contribution < 1.29 is 4.79 Å². The van der Waals surface area contributed by atoms with Gasteiger partial charge in [0.1, 0.15) is 0 Å². The second kappa shape index (κ2) is 5.29. The van der Waals surface area contributed by atoms with Gasteiger partial charge in [-0.25, -0.2) is 0 Å². The number of rotatable bonds is 4. The summed E-state index contributed by atoms with van der Waals surface area (Å²) in [5.74, 6) is 0.657. The van der Waals surface area contributed by atoms with E-state index < -0.39 is 0 Å². The van der Waals surface area contributed by atoms with Gasteiger partial charge >= 0.3 is 0 Å². The van der Waals surface area contributed by atoms with Gasteiger partial charge in [-0.05, 0) is 30.2 Å². The second-order valence-corrected chi connectivity index (χ2v) is 4.60. The zero-order chi connectivity index (χ0) is 9.68. The Balaban J connectivity index is 2.35. The zero-order valence-corrected chi connectivity index (χ0v) is 9.43. The molecule has 0 aliphatic rings. The standard InChI is InChI=1S/C9H13NOS2/c1-7-3-4-13-8(7)5-10-9(11)6-12-2/h3-4H,5-6H2,1-2H3,(H,10,11). The number of aryl methyl sites for hydroxylation is 1. The van der Waals surface area contributed by atoms with Crippen LogP contribution in [0.2, 0.25) is 0 Å². The summed E-state index contributed by atoms with van der Waals surface area (Å²) in [6, 6.07) is 2.07. The van der Waals surface area contributed by atoms with Crippen LogP contribution in [0, 0.1) is 6.92 Å². The third-order valence-electron chi connectivity index (χ3n) is 1.69. The lowest BCUT2D eigenvalue weighted by Crippen LogP contribution is -2.24. The lowest BCUT2D eigenvalue weighted by molar-refractivity contribution is -0.118. The van der Waals surface area contributed by atoms with E-state index in [2.05, 4.69) is 18.3 Å². The third-order valence-corrected chi connectivity index (χ3v) is 3.26. The van der Waals surface area contributed by atoms with Crippen molar-refractivity contribution in [3.63, 3.8) is 0 Å². The first-order valence-electron chi connectivity index (χ1n) is 4.02. The molecule has 0 bridgehead atoms. The number of carbonyl (C=O) groups is 1. The molecule has 0 fully saturated rings. The Kier molecular flexibility index (Phi) is 4.32. The molecule has 0 radical (unpaired) electrons.